The molecule has 0 aromatic heterocycles. The Morgan fingerprint density at radius 1 is 1.09 bits per heavy atom. The number of carboxylic acid groups (broad SMARTS) is 1. The Morgan fingerprint density at radius 2 is 1.79 bits per heavy atom. The van der Waals surface area contributed by atoms with Crippen LogP contribution in [-0.4, -0.2) is 42.0 Å². The highest BCUT2D eigenvalue weighted by atomic mass is 16.5. The highest BCUT2D eigenvalue weighted by Gasteiger charge is 2.49. The number of ether oxygens (including phenoxy) is 1. The predicted molar refractivity (Wildman–Crippen MR) is 128 cm³/mol. The molecule has 1 saturated heterocycles. The van der Waals surface area contributed by atoms with E-state index >= 15 is 0 Å². The van der Waals surface area contributed by atoms with E-state index in [1.54, 1.807) is 20.1 Å². The van der Waals surface area contributed by atoms with Gasteiger partial charge in [-0.3, -0.25) is 9.59 Å². The van der Waals surface area contributed by atoms with Crippen LogP contribution in [0.1, 0.15) is 37.3 Å². The SMILES string of the molecule is COc1ccc(C2(C(C)C(=O)O)C=CC(=O)C(CCCc3ccccc3)=C2N2CCC2)cc1. The van der Waals surface area contributed by atoms with Gasteiger partial charge in [-0.15, -0.1) is 0 Å². The number of aliphatic carboxylic acids is 1. The highest BCUT2D eigenvalue weighted by Crippen LogP contribution is 2.48. The maximum Gasteiger partial charge on any atom is 0.307 e. The van der Waals surface area contributed by atoms with Crippen molar-refractivity contribution in [3.8, 4) is 5.75 Å². The molecule has 2 aromatic carbocycles. The number of aryl methyl sites for hydroxylation is 1. The van der Waals surface area contributed by atoms with E-state index < -0.39 is 17.3 Å². The Hall–Kier alpha value is -3.34. The molecule has 2 aliphatic rings. The van der Waals surface area contributed by atoms with Crippen LogP contribution in [0.4, 0.5) is 0 Å². The van der Waals surface area contributed by atoms with Gasteiger partial charge in [0.1, 0.15) is 5.75 Å². The molecular weight excluding hydrogens is 414 g/mol. The van der Waals surface area contributed by atoms with E-state index in [1.165, 1.54) is 5.56 Å². The lowest BCUT2D eigenvalue weighted by Crippen LogP contribution is -2.51. The summed E-state index contributed by atoms with van der Waals surface area (Å²) in [4.78, 5) is 27.8. The van der Waals surface area contributed by atoms with Crippen molar-refractivity contribution in [3.05, 3.63) is 89.1 Å². The summed E-state index contributed by atoms with van der Waals surface area (Å²) in [6, 6.07) is 17.8. The van der Waals surface area contributed by atoms with Gasteiger partial charge in [-0.1, -0.05) is 55.5 Å². The Labute approximate surface area is 195 Å². The minimum atomic E-state index is -0.908. The average Bonchev–Trinajstić information content (AvgIpc) is 2.80. The third-order valence-electron chi connectivity index (χ3n) is 7.00. The fourth-order valence-corrected chi connectivity index (χ4v) is 4.99. The third-order valence-corrected chi connectivity index (χ3v) is 7.00. The molecule has 0 radical (unpaired) electrons. The van der Waals surface area contributed by atoms with Crippen molar-refractivity contribution in [1.82, 2.24) is 4.90 Å². The maximum absolute atomic E-state index is 13.2. The van der Waals surface area contributed by atoms with E-state index in [9.17, 15) is 14.7 Å². The number of methoxy groups -OCH3 is 1. The molecule has 5 nitrogen and oxygen atoms in total. The van der Waals surface area contributed by atoms with Gasteiger partial charge in [0.15, 0.2) is 5.78 Å². The number of allylic oxidation sites excluding steroid dienone is 3. The number of rotatable bonds is 9. The van der Waals surface area contributed by atoms with E-state index in [1.807, 2.05) is 48.5 Å². The summed E-state index contributed by atoms with van der Waals surface area (Å²) in [6.45, 7) is 3.42. The van der Waals surface area contributed by atoms with Gasteiger partial charge in [0, 0.05) is 24.4 Å². The molecule has 1 fully saturated rings. The zero-order valence-corrected chi connectivity index (χ0v) is 19.3. The Bertz CT molecular complexity index is 1070. The molecule has 1 heterocycles. The zero-order valence-electron chi connectivity index (χ0n) is 19.3. The van der Waals surface area contributed by atoms with Crippen molar-refractivity contribution in [3.63, 3.8) is 0 Å². The van der Waals surface area contributed by atoms with Crippen molar-refractivity contribution in [2.45, 2.75) is 38.0 Å². The quantitative estimate of drug-likeness (QED) is 0.602. The lowest BCUT2D eigenvalue weighted by atomic mass is 9.63. The first-order valence-electron chi connectivity index (χ1n) is 11.6. The van der Waals surface area contributed by atoms with Gasteiger partial charge in [0.25, 0.3) is 0 Å². The van der Waals surface area contributed by atoms with Gasteiger partial charge in [-0.2, -0.15) is 0 Å². The molecule has 172 valence electrons. The Kier molecular flexibility index (Phi) is 6.68. The van der Waals surface area contributed by atoms with E-state index in [0.717, 1.165) is 49.2 Å². The number of hydrogen-bond acceptors (Lipinski definition) is 4. The number of carbonyl (C=O) groups is 2. The van der Waals surface area contributed by atoms with Crippen LogP contribution in [0.15, 0.2) is 78.0 Å². The summed E-state index contributed by atoms with van der Waals surface area (Å²) in [5.41, 5.74) is 2.81. The number of carbonyl (C=O) groups excluding carboxylic acids is 1. The monoisotopic (exact) mass is 445 g/mol. The number of carboxylic acids is 1. The second kappa shape index (κ2) is 9.65. The first-order chi connectivity index (χ1) is 16.0. The van der Waals surface area contributed by atoms with Crippen molar-refractivity contribution in [2.24, 2.45) is 5.92 Å². The van der Waals surface area contributed by atoms with Crippen LogP contribution in [0.3, 0.4) is 0 Å². The molecule has 1 N–H and O–H groups in total. The molecule has 1 aliphatic carbocycles. The van der Waals surface area contributed by atoms with E-state index in [2.05, 4.69) is 17.0 Å². The fraction of sp³-hybridized carbons (Fsp3) is 0.357. The minimum Gasteiger partial charge on any atom is -0.497 e. The van der Waals surface area contributed by atoms with Gasteiger partial charge in [-0.25, -0.2) is 0 Å². The first kappa shape index (κ1) is 22.8. The van der Waals surface area contributed by atoms with Gasteiger partial charge < -0.3 is 14.7 Å². The molecule has 0 bridgehead atoms. The highest BCUT2D eigenvalue weighted by molar-refractivity contribution is 6.06. The first-order valence-corrected chi connectivity index (χ1v) is 11.6. The van der Waals surface area contributed by atoms with Gasteiger partial charge in [0.2, 0.25) is 0 Å². The van der Waals surface area contributed by atoms with Gasteiger partial charge in [0.05, 0.1) is 18.4 Å². The molecule has 0 amide bonds. The largest absolute Gasteiger partial charge is 0.497 e. The number of hydrogen-bond donors (Lipinski definition) is 1. The molecular formula is C28H31NO4. The minimum absolute atomic E-state index is 0.00770. The summed E-state index contributed by atoms with van der Waals surface area (Å²) in [5.74, 6) is -0.918. The summed E-state index contributed by atoms with van der Waals surface area (Å²) >= 11 is 0. The smallest absolute Gasteiger partial charge is 0.307 e. The third kappa shape index (κ3) is 4.32. The van der Waals surface area contributed by atoms with Crippen LogP contribution in [0.5, 0.6) is 5.75 Å². The van der Waals surface area contributed by atoms with Gasteiger partial charge >= 0.3 is 5.97 Å². The summed E-state index contributed by atoms with van der Waals surface area (Å²) < 4.78 is 5.33. The van der Waals surface area contributed by atoms with Crippen molar-refractivity contribution in [2.75, 3.05) is 20.2 Å². The predicted octanol–water partition coefficient (Wildman–Crippen LogP) is 4.78. The molecule has 4 rings (SSSR count). The topological polar surface area (TPSA) is 66.8 Å². The number of nitrogens with zero attached hydrogens (tertiary/aromatic N) is 1. The molecule has 0 spiro atoms. The lowest BCUT2D eigenvalue weighted by Gasteiger charge is -2.49. The molecule has 1 aliphatic heterocycles. The molecule has 2 atom stereocenters. The standard InChI is InChI=1S/C28H31NO4/c1-20(27(31)32)28(22-12-14-23(33-2)15-13-22)17-16-25(30)24(26(28)29-18-7-19-29)11-6-10-21-8-4-3-5-9-21/h3-5,8-9,12-17,20H,6-7,10-11,18-19H2,1-2H3,(H,31,32). The van der Waals surface area contributed by atoms with Gasteiger partial charge in [-0.05, 0) is 55.0 Å². The van der Waals surface area contributed by atoms with Crippen LogP contribution in [0.25, 0.3) is 0 Å². The van der Waals surface area contributed by atoms with Crippen molar-refractivity contribution in [1.29, 1.82) is 0 Å². The fourth-order valence-electron chi connectivity index (χ4n) is 4.99. The molecule has 2 unspecified atom stereocenters. The lowest BCUT2D eigenvalue weighted by molar-refractivity contribution is -0.143. The summed E-state index contributed by atoms with van der Waals surface area (Å²) in [6.07, 6.45) is 6.77. The molecule has 2 aromatic rings. The van der Waals surface area contributed by atoms with E-state index in [4.69, 9.17) is 4.74 Å². The molecule has 5 heteroatoms. The Balaban J connectivity index is 1.79. The van der Waals surface area contributed by atoms with Crippen LogP contribution in [-0.2, 0) is 21.4 Å². The van der Waals surface area contributed by atoms with E-state index in [-0.39, 0.29) is 5.78 Å². The summed E-state index contributed by atoms with van der Waals surface area (Å²) in [5, 5.41) is 10.1. The number of benzene rings is 2. The summed E-state index contributed by atoms with van der Waals surface area (Å²) in [7, 11) is 1.61. The second-order valence-electron chi connectivity index (χ2n) is 8.86. The average molecular weight is 446 g/mol. The van der Waals surface area contributed by atoms with Crippen LogP contribution >= 0.6 is 0 Å². The van der Waals surface area contributed by atoms with E-state index in [0.29, 0.717) is 12.2 Å². The van der Waals surface area contributed by atoms with Crippen LogP contribution in [0.2, 0.25) is 0 Å². The zero-order chi connectivity index (χ0) is 23.4. The maximum atomic E-state index is 13.2. The molecule has 33 heavy (non-hydrogen) atoms. The number of ketones is 1. The van der Waals surface area contributed by atoms with Crippen molar-refractivity contribution >= 4 is 11.8 Å². The molecule has 0 saturated carbocycles. The Morgan fingerprint density at radius 3 is 2.36 bits per heavy atom. The van der Waals surface area contributed by atoms with Crippen LogP contribution < -0.4 is 4.74 Å². The number of likely N-dealkylation sites (tertiary alicyclic amines) is 1. The van der Waals surface area contributed by atoms with Crippen LogP contribution in [0, 0.1) is 5.92 Å². The normalized spacial score (nSPS) is 21.0. The van der Waals surface area contributed by atoms with Crippen molar-refractivity contribution < 1.29 is 19.4 Å². The second-order valence-corrected chi connectivity index (χ2v) is 8.86.